The molecule has 0 saturated heterocycles. The molecule has 84 valence electrons. The minimum atomic E-state index is -0.0475. The van der Waals surface area contributed by atoms with Crippen molar-refractivity contribution in [3.05, 3.63) is 57.3 Å². The molecule has 17 heavy (non-hydrogen) atoms. The van der Waals surface area contributed by atoms with Crippen molar-refractivity contribution in [1.29, 1.82) is 0 Å². The van der Waals surface area contributed by atoms with Crippen LogP contribution in [-0.2, 0) is 11.4 Å². The summed E-state index contributed by atoms with van der Waals surface area (Å²) in [5.74, 6) is -0.0255. The molecule has 3 nitrogen and oxygen atoms in total. The molecule has 2 aliphatic heterocycles. The van der Waals surface area contributed by atoms with Crippen LogP contribution in [0.3, 0.4) is 0 Å². The second kappa shape index (κ2) is 3.18. The predicted molar refractivity (Wildman–Crippen MR) is 63.6 cm³/mol. The van der Waals surface area contributed by atoms with Crippen LogP contribution in [0.2, 0.25) is 0 Å². The molecule has 2 aliphatic rings. The molecule has 1 unspecified atom stereocenters. The van der Waals surface area contributed by atoms with Gasteiger partial charge in [0.25, 0.3) is 5.91 Å². The number of amides is 1. The third-order valence-electron chi connectivity index (χ3n) is 3.33. The zero-order valence-corrected chi connectivity index (χ0v) is 9.74. The van der Waals surface area contributed by atoms with Gasteiger partial charge >= 0.3 is 0 Å². The Hall–Kier alpha value is -1.65. The largest absolute Gasteiger partial charge is 0.278 e. The number of thiophene rings is 1. The van der Waals surface area contributed by atoms with Gasteiger partial charge in [-0.2, -0.15) is 0 Å². The first kappa shape index (κ1) is 9.39. The van der Waals surface area contributed by atoms with Crippen molar-refractivity contribution >= 4 is 17.2 Å². The molecule has 0 aliphatic carbocycles. The summed E-state index contributed by atoms with van der Waals surface area (Å²) >= 11 is 1.69. The number of carbonyl (C=O) groups is 1. The van der Waals surface area contributed by atoms with E-state index >= 15 is 0 Å². The molecule has 2 aromatic rings. The molecule has 4 heteroatoms. The second-order valence-electron chi connectivity index (χ2n) is 4.19. The summed E-state index contributed by atoms with van der Waals surface area (Å²) < 4.78 is 0. The van der Waals surface area contributed by atoms with Crippen LogP contribution < -0.4 is 0 Å². The van der Waals surface area contributed by atoms with Crippen LogP contribution in [0.15, 0.2) is 35.7 Å². The summed E-state index contributed by atoms with van der Waals surface area (Å²) in [6.45, 7) is 0.503. The summed E-state index contributed by atoms with van der Waals surface area (Å²) in [6.07, 6.45) is 0. The Kier molecular flexibility index (Phi) is 1.76. The first-order valence-electron chi connectivity index (χ1n) is 5.48. The van der Waals surface area contributed by atoms with Gasteiger partial charge in [-0.05, 0) is 28.6 Å². The Morgan fingerprint density at radius 1 is 1.24 bits per heavy atom. The van der Waals surface area contributed by atoms with Crippen LogP contribution in [0.5, 0.6) is 0 Å². The van der Waals surface area contributed by atoms with E-state index in [9.17, 15) is 4.79 Å². The van der Waals surface area contributed by atoms with Crippen LogP contribution >= 0.6 is 11.3 Å². The molecule has 0 bridgehead atoms. The summed E-state index contributed by atoms with van der Waals surface area (Å²) in [6, 6.07) is 9.78. The second-order valence-corrected chi connectivity index (χ2v) is 5.19. The van der Waals surface area contributed by atoms with Crippen LogP contribution in [0, 0.1) is 0 Å². The summed E-state index contributed by atoms with van der Waals surface area (Å²) in [4.78, 5) is 19.0. The maximum absolute atomic E-state index is 12.2. The summed E-state index contributed by atoms with van der Waals surface area (Å²) in [5, 5.41) is 3.57. The SMILES string of the molecule is O=C1c2ccccc2C2c3ccsc3CON12. The fourth-order valence-electron chi connectivity index (χ4n) is 2.56. The highest BCUT2D eigenvalue weighted by molar-refractivity contribution is 7.10. The quantitative estimate of drug-likeness (QED) is 0.712. The number of nitrogens with zero attached hydrogens (tertiary/aromatic N) is 1. The third-order valence-corrected chi connectivity index (χ3v) is 4.24. The molecule has 0 spiro atoms. The topological polar surface area (TPSA) is 29.5 Å². The van der Waals surface area contributed by atoms with E-state index in [1.807, 2.05) is 24.3 Å². The number of hydroxylamine groups is 2. The van der Waals surface area contributed by atoms with Crippen molar-refractivity contribution < 1.29 is 9.63 Å². The van der Waals surface area contributed by atoms with Gasteiger partial charge in [0.2, 0.25) is 0 Å². The average molecular weight is 243 g/mol. The maximum atomic E-state index is 12.2. The van der Waals surface area contributed by atoms with Gasteiger partial charge in [-0.15, -0.1) is 11.3 Å². The highest BCUT2D eigenvalue weighted by Crippen LogP contribution is 2.44. The van der Waals surface area contributed by atoms with Gasteiger partial charge in [0.15, 0.2) is 0 Å². The standard InChI is InChI=1S/C13H9NO2S/c15-13-9-4-2-1-3-8(9)12-10-5-6-17-11(10)7-16-14(12)13/h1-6,12H,7H2. The lowest BCUT2D eigenvalue weighted by Crippen LogP contribution is -2.32. The number of hydrogen-bond donors (Lipinski definition) is 0. The fraction of sp³-hybridized carbons (Fsp3) is 0.154. The third kappa shape index (κ3) is 1.11. The number of rotatable bonds is 0. The molecule has 1 aromatic carbocycles. The zero-order chi connectivity index (χ0) is 11.4. The lowest BCUT2D eigenvalue weighted by molar-refractivity contribution is -0.156. The number of hydrogen-bond acceptors (Lipinski definition) is 3. The van der Waals surface area contributed by atoms with Crippen molar-refractivity contribution in [2.75, 3.05) is 0 Å². The van der Waals surface area contributed by atoms with Crippen molar-refractivity contribution in [2.24, 2.45) is 0 Å². The van der Waals surface area contributed by atoms with Crippen molar-refractivity contribution in [2.45, 2.75) is 12.6 Å². The zero-order valence-electron chi connectivity index (χ0n) is 8.92. The lowest BCUT2D eigenvalue weighted by atomic mass is 9.98. The van der Waals surface area contributed by atoms with Gasteiger partial charge in [-0.3, -0.25) is 9.63 Å². The van der Waals surface area contributed by atoms with Gasteiger partial charge in [-0.1, -0.05) is 18.2 Å². The Morgan fingerprint density at radius 3 is 3.06 bits per heavy atom. The highest BCUT2D eigenvalue weighted by Gasteiger charge is 2.42. The van der Waals surface area contributed by atoms with E-state index in [0.29, 0.717) is 6.61 Å². The van der Waals surface area contributed by atoms with Crippen LogP contribution in [0.4, 0.5) is 0 Å². The molecule has 4 rings (SSSR count). The molecular formula is C13H9NO2S. The minimum absolute atomic E-state index is 0.0255. The molecule has 0 fully saturated rings. The van der Waals surface area contributed by atoms with E-state index in [-0.39, 0.29) is 11.9 Å². The molecule has 0 saturated carbocycles. The van der Waals surface area contributed by atoms with E-state index in [4.69, 9.17) is 4.84 Å². The Balaban J connectivity index is 1.98. The predicted octanol–water partition coefficient (Wildman–Crippen LogP) is 2.74. The van der Waals surface area contributed by atoms with Crippen LogP contribution in [-0.4, -0.2) is 11.0 Å². The van der Waals surface area contributed by atoms with Gasteiger partial charge < -0.3 is 0 Å². The number of carbonyl (C=O) groups excluding carboxylic acids is 1. The molecular weight excluding hydrogens is 234 g/mol. The van der Waals surface area contributed by atoms with Gasteiger partial charge in [0, 0.05) is 10.4 Å². The smallest absolute Gasteiger partial charge is 0.267 e. The summed E-state index contributed by atoms with van der Waals surface area (Å²) in [5.41, 5.74) is 3.02. The van der Waals surface area contributed by atoms with Crippen molar-refractivity contribution in [1.82, 2.24) is 5.06 Å². The average Bonchev–Trinajstić information content (AvgIpc) is 2.93. The molecule has 0 radical (unpaired) electrons. The highest BCUT2D eigenvalue weighted by atomic mass is 32.1. The number of benzene rings is 1. The fourth-order valence-corrected chi connectivity index (χ4v) is 3.37. The van der Waals surface area contributed by atoms with Gasteiger partial charge in [0.1, 0.15) is 12.6 Å². The Bertz CT molecular complexity index is 619. The molecule has 1 amide bonds. The Labute approximate surface area is 102 Å². The molecule has 1 aromatic heterocycles. The minimum Gasteiger partial charge on any atom is -0.267 e. The van der Waals surface area contributed by atoms with E-state index in [0.717, 1.165) is 11.1 Å². The van der Waals surface area contributed by atoms with E-state index in [1.165, 1.54) is 15.5 Å². The van der Waals surface area contributed by atoms with Crippen molar-refractivity contribution in [3.63, 3.8) is 0 Å². The van der Waals surface area contributed by atoms with Gasteiger partial charge in [0.05, 0.1) is 0 Å². The first-order valence-corrected chi connectivity index (χ1v) is 6.36. The van der Waals surface area contributed by atoms with Gasteiger partial charge in [-0.25, -0.2) is 5.06 Å². The maximum Gasteiger partial charge on any atom is 0.278 e. The Morgan fingerprint density at radius 2 is 2.12 bits per heavy atom. The van der Waals surface area contributed by atoms with Crippen molar-refractivity contribution in [3.8, 4) is 0 Å². The normalized spacial score (nSPS) is 21.1. The van der Waals surface area contributed by atoms with Crippen LogP contribution in [0.25, 0.3) is 0 Å². The molecule has 0 N–H and O–H groups in total. The number of fused-ring (bicyclic) bond motifs is 5. The van der Waals surface area contributed by atoms with Crippen LogP contribution in [0.1, 0.15) is 32.4 Å². The van der Waals surface area contributed by atoms with E-state index in [2.05, 4.69) is 11.4 Å². The molecule has 1 atom stereocenters. The molecule has 3 heterocycles. The van der Waals surface area contributed by atoms with E-state index in [1.54, 1.807) is 11.3 Å². The van der Waals surface area contributed by atoms with E-state index < -0.39 is 0 Å². The monoisotopic (exact) mass is 243 g/mol. The lowest BCUT2D eigenvalue weighted by Gasteiger charge is -2.29. The summed E-state index contributed by atoms with van der Waals surface area (Å²) in [7, 11) is 0. The first-order chi connectivity index (χ1) is 8.36.